The van der Waals surface area contributed by atoms with Gasteiger partial charge in [0, 0.05) is 12.0 Å². The van der Waals surface area contributed by atoms with Crippen LogP contribution >= 0.6 is 0 Å². The van der Waals surface area contributed by atoms with Gasteiger partial charge in [0.2, 0.25) is 0 Å². The summed E-state index contributed by atoms with van der Waals surface area (Å²) < 4.78 is 27.3. The average Bonchev–Trinajstić information content (AvgIpc) is 2.47. The van der Waals surface area contributed by atoms with Crippen LogP contribution in [0.25, 0.3) is 0 Å². The lowest BCUT2D eigenvalue weighted by Gasteiger charge is -2.12. The number of hydrogen-bond donors (Lipinski definition) is 0. The fourth-order valence-corrected chi connectivity index (χ4v) is 2.56. The number of benzene rings is 1. The van der Waals surface area contributed by atoms with E-state index in [-0.39, 0.29) is 18.3 Å². The van der Waals surface area contributed by atoms with Crippen LogP contribution in [0.5, 0.6) is 0 Å². The van der Waals surface area contributed by atoms with E-state index in [0.717, 1.165) is 5.56 Å². The van der Waals surface area contributed by atoms with E-state index in [1.54, 1.807) is 26.2 Å². The van der Waals surface area contributed by atoms with Crippen molar-refractivity contribution in [3.63, 3.8) is 0 Å². The summed E-state index contributed by atoms with van der Waals surface area (Å²) in [7, 11) is 0.237. The number of carbonyl (C=O) groups is 1. The summed E-state index contributed by atoms with van der Waals surface area (Å²) in [4.78, 5) is 12.6. The largest absolute Gasteiger partial charge is 0.382 e. The van der Waals surface area contributed by atoms with E-state index in [4.69, 9.17) is 14.2 Å². The molecule has 1 rings (SSSR count). The van der Waals surface area contributed by atoms with Crippen molar-refractivity contribution in [2.75, 3.05) is 32.9 Å². The maximum absolute atomic E-state index is 12.1. The summed E-state index contributed by atoms with van der Waals surface area (Å²) in [5, 5.41) is 0. The first-order valence-corrected chi connectivity index (χ1v) is 8.02. The molecule has 2 atom stereocenters. The van der Waals surface area contributed by atoms with Gasteiger partial charge in [-0.05, 0) is 26.0 Å². The quantitative estimate of drug-likeness (QED) is 0.486. The highest BCUT2D eigenvalue weighted by Crippen LogP contribution is 2.09. The number of Topliss-reactive ketones (excluding diaryl/α,β-unsaturated/α-hetero) is 1. The lowest BCUT2D eigenvalue weighted by Crippen LogP contribution is -2.27. The first-order valence-electron chi connectivity index (χ1n) is 6.70. The maximum atomic E-state index is 12.1. The zero-order chi connectivity index (χ0) is 15.7. The van der Waals surface area contributed by atoms with Gasteiger partial charge in [-0.1, -0.05) is 17.7 Å². The Bertz CT molecular complexity index is 458. The van der Waals surface area contributed by atoms with Crippen molar-refractivity contribution in [3.8, 4) is 0 Å². The van der Waals surface area contributed by atoms with Crippen LogP contribution in [0, 0.1) is 6.92 Å². The van der Waals surface area contributed by atoms with Crippen molar-refractivity contribution >= 4 is 16.6 Å². The smallest absolute Gasteiger partial charge is 0.174 e. The van der Waals surface area contributed by atoms with Crippen LogP contribution in [0.1, 0.15) is 12.5 Å². The lowest BCUT2D eigenvalue weighted by atomic mass is 10.2. The topological polar surface area (TPSA) is 61.8 Å². The van der Waals surface area contributed by atoms with E-state index in [2.05, 4.69) is 0 Å². The third kappa shape index (κ3) is 6.95. The molecule has 0 spiro atoms. The monoisotopic (exact) mass is 314 g/mol. The molecule has 0 bridgehead atoms. The van der Waals surface area contributed by atoms with E-state index in [0.29, 0.717) is 18.1 Å². The molecule has 0 aliphatic rings. The Morgan fingerprint density at radius 2 is 1.90 bits per heavy atom. The minimum Gasteiger partial charge on any atom is -0.382 e. The molecule has 0 saturated heterocycles. The highest BCUT2D eigenvalue weighted by molar-refractivity contribution is 7.85. The second kappa shape index (κ2) is 9.78. The summed E-state index contributed by atoms with van der Waals surface area (Å²) in [6.45, 7) is 4.50. The SMILES string of the molecule is COCCOCO[C@@H](C)C(=O)C[S@@](=O)c1ccc(C)cc1. The molecule has 0 heterocycles. The Balaban J connectivity index is 2.34. The molecule has 0 amide bonds. The van der Waals surface area contributed by atoms with Gasteiger partial charge in [0.25, 0.3) is 0 Å². The minimum absolute atomic E-state index is 0.0213. The van der Waals surface area contributed by atoms with Gasteiger partial charge in [-0.25, -0.2) is 0 Å². The highest BCUT2D eigenvalue weighted by atomic mass is 32.2. The van der Waals surface area contributed by atoms with Crippen LogP contribution < -0.4 is 0 Å². The molecule has 0 saturated carbocycles. The molecular formula is C15H22O5S. The average molecular weight is 314 g/mol. The maximum Gasteiger partial charge on any atom is 0.174 e. The second-order valence-corrected chi connectivity index (χ2v) is 6.05. The van der Waals surface area contributed by atoms with Gasteiger partial charge in [0.15, 0.2) is 5.78 Å². The number of rotatable bonds is 10. The molecule has 21 heavy (non-hydrogen) atoms. The van der Waals surface area contributed by atoms with Crippen LogP contribution in [-0.4, -0.2) is 49.0 Å². The fourth-order valence-electron chi connectivity index (χ4n) is 1.46. The van der Waals surface area contributed by atoms with Crippen LogP contribution in [0.2, 0.25) is 0 Å². The standard InChI is InChI=1S/C15H22O5S/c1-12-4-6-14(7-5-12)21(17)10-15(16)13(2)20-11-19-9-8-18-3/h4-7,13H,8-11H2,1-3H3/t13-,21+/m0/s1. The highest BCUT2D eigenvalue weighted by Gasteiger charge is 2.17. The Labute approximate surface area is 128 Å². The van der Waals surface area contributed by atoms with Crippen molar-refractivity contribution < 1.29 is 23.2 Å². The molecule has 118 valence electrons. The lowest BCUT2D eigenvalue weighted by molar-refractivity contribution is -0.138. The van der Waals surface area contributed by atoms with Gasteiger partial charge in [0.1, 0.15) is 12.9 Å². The number of ketones is 1. The Hall–Kier alpha value is -1.08. The van der Waals surface area contributed by atoms with Crippen LogP contribution in [0.3, 0.4) is 0 Å². The summed E-state index contributed by atoms with van der Waals surface area (Å²) in [6.07, 6.45) is -0.637. The third-order valence-electron chi connectivity index (χ3n) is 2.84. The number of carbonyl (C=O) groups excluding carboxylic acids is 1. The van der Waals surface area contributed by atoms with Gasteiger partial charge in [0.05, 0.1) is 29.8 Å². The number of ether oxygens (including phenoxy) is 3. The van der Waals surface area contributed by atoms with Gasteiger partial charge in [-0.15, -0.1) is 0 Å². The Morgan fingerprint density at radius 1 is 1.24 bits per heavy atom. The normalized spacial score (nSPS) is 13.9. The van der Waals surface area contributed by atoms with Gasteiger partial charge < -0.3 is 14.2 Å². The first-order chi connectivity index (χ1) is 10.0. The van der Waals surface area contributed by atoms with Crippen LogP contribution in [0.15, 0.2) is 29.2 Å². The summed E-state index contributed by atoms with van der Waals surface area (Å²) in [6, 6.07) is 7.30. The predicted octanol–water partition coefficient (Wildman–Crippen LogP) is 1.70. The van der Waals surface area contributed by atoms with Crippen molar-refractivity contribution in [3.05, 3.63) is 29.8 Å². The molecule has 0 aliphatic heterocycles. The molecular weight excluding hydrogens is 292 g/mol. The van der Waals surface area contributed by atoms with E-state index in [9.17, 15) is 9.00 Å². The molecule has 0 aliphatic carbocycles. The molecule has 1 aromatic rings. The number of hydrogen-bond acceptors (Lipinski definition) is 5. The molecule has 0 aromatic heterocycles. The molecule has 0 fully saturated rings. The minimum atomic E-state index is -1.34. The number of methoxy groups -OCH3 is 1. The first kappa shape index (κ1) is 18.0. The van der Waals surface area contributed by atoms with Crippen molar-refractivity contribution in [2.24, 2.45) is 0 Å². The van der Waals surface area contributed by atoms with Crippen LogP contribution in [-0.2, 0) is 29.8 Å². The zero-order valence-electron chi connectivity index (χ0n) is 12.7. The molecule has 6 heteroatoms. The second-order valence-electron chi connectivity index (χ2n) is 4.60. The molecule has 0 unspecified atom stereocenters. The van der Waals surface area contributed by atoms with E-state index < -0.39 is 16.9 Å². The predicted molar refractivity (Wildman–Crippen MR) is 80.7 cm³/mol. The van der Waals surface area contributed by atoms with Gasteiger partial charge >= 0.3 is 0 Å². The number of aryl methyl sites for hydroxylation is 1. The van der Waals surface area contributed by atoms with Crippen molar-refractivity contribution in [2.45, 2.75) is 24.8 Å². The van der Waals surface area contributed by atoms with Crippen molar-refractivity contribution in [1.82, 2.24) is 0 Å². The van der Waals surface area contributed by atoms with E-state index in [1.165, 1.54) is 0 Å². The summed E-state index contributed by atoms with van der Waals surface area (Å²) in [5.74, 6) is -0.258. The summed E-state index contributed by atoms with van der Waals surface area (Å²) in [5.41, 5.74) is 1.09. The molecule has 1 aromatic carbocycles. The Kier molecular flexibility index (Phi) is 8.37. The van der Waals surface area contributed by atoms with E-state index >= 15 is 0 Å². The third-order valence-corrected chi connectivity index (χ3v) is 4.19. The van der Waals surface area contributed by atoms with Gasteiger partial charge in [-0.3, -0.25) is 9.00 Å². The Morgan fingerprint density at radius 3 is 2.52 bits per heavy atom. The molecule has 0 N–H and O–H groups in total. The zero-order valence-corrected chi connectivity index (χ0v) is 13.5. The molecule has 0 radical (unpaired) electrons. The van der Waals surface area contributed by atoms with Crippen LogP contribution in [0.4, 0.5) is 0 Å². The fraction of sp³-hybridized carbons (Fsp3) is 0.533. The van der Waals surface area contributed by atoms with E-state index in [1.807, 2.05) is 19.1 Å². The molecule has 5 nitrogen and oxygen atoms in total. The van der Waals surface area contributed by atoms with Crippen molar-refractivity contribution in [1.29, 1.82) is 0 Å². The summed E-state index contributed by atoms with van der Waals surface area (Å²) >= 11 is 0. The van der Waals surface area contributed by atoms with Gasteiger partial charge in [-0.2, -0.15) is 0 Å².